The molecule has 0 heterocycles. The second-order valence-corrected chi connectivity index (χ2v) is 5.30. The summed E-state index contributed by atoms with van der Waals surface area (Å²) in [7, 11) is 0. The standard InChI is InChI=1S/C17H33N/c1-4-7-9-10-11-12-13-15-17(14-8-5-2)18-16-6-3/h2,17-18H,4,6-16H2,1,3H3. The maximum atomic E-state index is 5.35. The number of hydrogen-bond acceptors (Lipinski definition) is 1. The van der Waals surface area contributed by atoms with Crippen LogP contribution < -0.4 is 5.32 Å². The van der Waals surface area contributed by atoms with Crippen LogP contribution in [0.25, 0.3) is 0 Å². The van der Waals surface area contributed by atoms with Gasteiger partial charge in [0.25, 0.3) is 0 Å². The van der Waals surface area contributed by atoms with E-state index >= 15 is 0 Å². The second-order valence-electron chi connectivity index (χ2n) is 5.30. The van der Waals surface area contributed by atoms with Crippen molar-refractivity contribution in [3.8, 4) is 12.3 Å². The fourth-order valence-electron chi connectivity index (χ4n) is 2.30. The molecule has 0 radical (unpaired) electrons. The minimum Gasteiger partial charge on any atom is -0.314 e. The predicted octanol–water partition coefficient (Wildman–Crippen LogP) is 4.91. The SMILES string of the molecule is C#CCCC(CCCCCCCCC)NCCC. The first-order valence-electron chi connectivity index (χ1n) is 8.02. The van der Waals surface area contributed by atoms with Crippen molar-refractivity contribution >= 4 is 0 Å². The molecular formula is C17H33N. The van der Waals surface area contributed by atoms with Gasteiger partial charge < -0.3 is 5.32 Å². The average molecular weight is 251 g/mol. The van der Waals surface area contributed by atoms with Crippen LogP contribution in [-0.4, -0.2) is 12.6 Å². The minimum atomic E-state index is 0.650. The highest BCUT2D eigenvalue weighted by Crippen LogP contribution is 2.12. The van der Waals surface area contributed by atoms with Crippen molar-refractivity contribution in [1.82, 2.24) is 5.32 Å². The van der Waals surface area contributed by atoms with E-state index in [9.17, 15) is 0 Å². The molecule has 1 nitrogen and oxygen atoms in total. The zero-order chi connectivity index (χ0) is 13.5. The van der Waals surface area contributed by atoms with Crippen LogP contribution in [0.3, 0.4) is 0 Å². The summed E-state index contributed by atoms with van der Waals surface area (Å²) >= 11 is 0. The van der Waals surface area contributed by atoms with Gasteiger partial charge in [-0.05, 0) is 25.8 Å². The van der Waals surface area contributed by atoms with Crippen LogP contribution in [-0.2, 0) is 0 Å². The van der Waals surface area contributed by atoms with E-state index in [0.717, 1.165) is 19.4 Å². The molecule has 0 aliphatic carbocycles. The molecule has 1 atom stereocenters. The highest BCUT2D eigenvalue weighted by molar-refractivity contribution is 4.85. The third-order valence-electron chi connectivity index (χ3n) is 3.48. The number of rotatable bonds is 13. The van der Waals surface area contributed by atoms with Gasteiger partial charge in [0.1, 0.15) is 0 Å². The smallest absolute Gasteiger partial charge is 0.0101 e. The lowest BCUT2D eigenvalue weighted by molar-refractivity contribution is 0.434. The van der Waals surface area contributed by atoms with E-state index in [0.29, 0.717) is 6.04 Å². The number of nitrogens with one attached hydrogen (secondary N) is 1. The Morgan fingerprint density at radius 3 is 2.17 bits per heavy atom. The van der Waals surface area contributed by atoms with E-state index < -0.39 is 0 Å². The Labute approximate surface area is 115 Å². The van der Waals surface area contributed by atoms with E-state index in [2.05, 4.69) is 25.1 Å². The molecule has 0 bridgehead atoms. The molecular weight excluding hydrogens is 218 g/mol. The van der Waals surface area contributed by atoms with Crippen molar-refractivity contribution in [2.24, 2.45) is 0 Å². The quantitative estimate of drug-likeness (QED) is 0.362. The molecule has 0 aromatic rings. The van der Waals surface area contributed by atoms with E-state index in [1.54, 1.807) is 0 Å². The van der Waals surface area contributed by atoms with Crippen molar-refractivity contribution in [3.05, 3.63) is 0 Å². The van der Waals surface area contributed by atoms with Gasteiger partial charge >= 0.3 is 0 Å². The molecule has 1 unspecified atom stereocenters. The molecule has 18 heavy (non-hydrogen) atoms. The van der Waals surface area contributed by atoms with Crippen molar-refractivity contribution in [1.29, 1.82) is 0 Å². The van der Waals surface area contributed by atoms with Crippen LogP contribution in [0, 0.1) is 12.3 Å². The summed E-state index contributed by atoms with van der Waals surface area (Å²) in [5.41, 5.74) is 0. The first kappa shape index (κ1) is 17.5. The Bertz CT molecular complexity index is 192. The Balaban J connectivity index is 3.46. The van der Waals surface area contributed by atoms with Gasteiger partial charge in [-0.1, -0.05) is 58.8 Å². The van der Waals surface area contributed by atoms with Crippen molar-refractivity contribution in [2.75, 3.05) is 6.54 Å². The predicted molar refractivity (Wildman–Crippen MR) is 82.8 cm³/mol. The van der Waals surface area contributed by atoms with Gasteiger partial charge in [-0.3, -0.25) is 0 Å². The molecule has 0 rings (SSSR count). The fraction of sp³-hybridized carbons (Fsp3) is 0.882. The van der Waals surface area contributed by atoms with Gasteiger partial charge in [0.15, 0.2) is 0 Å². The zero-order valence-electron chi connectivity index (χ0n) is 12.6. The van der Waals surface area contributed by atoms with E-state index in [4.69, 9.17) is 6.42 Å². The first-order chi connectivity index (χ1) is 8.85. The third-order valence-corrected chi connectivity index (χ3v) is 3.48. The van der Waals surface area contributed by atoms with E-state index in [1.165, 1.54) is 57.8 Å². The molecule has 0 aromatic heterocycles. The molecule has 0 spiro atoms. The van der Waals surface area contributed by atoms with Gasteiger partial charge in [-0.2, -0.15) is 0 Å². The Hall–Kier alpha value is -0.480. The van der Waals surface area contributed by atoms with Crippen LogP contribution in [0.2, 0.25) is 0 Å². The lowest BCUT2D eigenvalue weighted by Crippen LogP contribution is -2.29. The molecule has 0 saturated carbocycles. The minimum absolute atomic E-state index is 0.650. The Morgan fingerprint density at radius 2 is 1.56 bits per heavy atom. The highest BCUT2D eigenvalue weighted by Gasteiger charge is 2.06. The summed E-state index contributed by atoms with van der Waals surface area (Å²) in [6.45, 7) is 5.63. The molecule has 0 fully saturated rings. The molecule has 0 amide bonds. The fourth-order valence-corrected chi connectivity index (χ4v) is 2.30. The summed E-state index contributed by atoms with van der Waals surface area (Å²) in [6.07, 6.45) is 19.7. The molecule has 0 aromatic carbocycles. The largest absolute Gasteiger partial charge is 0.314 e. The molecule has 0 aliphatic rings. The van der Waals surface area contributed by atoms with Crippen molar-refractivity contribution in [3.63, 3.8) is 0 Å². The topological polar surface area (TPSA) is 12.0 Å². The lowest BCUT2D eigenvalue weighted by atomic mass is 10.0. The van der Waals surface area contributed by atoms with Crippen LogP contribution in [0.4, 0.5) is 0 Å². The Kier molecular flexibility index (Phi) is 14.2. The molecule has 0 saturated heterocycles. The maximum absolute atomic E-state index is 5.35. The second kappa shape index (κ2) is 14.6. The summed E-state index contributed by atoms with van der Waals surface area (Å²) in [5, 5.41) is 3.62. The van der Waals surface area contributed by atoms with Gasteiger partial charge in [0.05, 0.1) is 0 Å². The number of unbranched alkanes of at least 4 members (excludes halogenated alkanes) is 6. The van der Waals surface area contributed by atoms with Gasteiger partial charge in [0.2, 0.25) is 0 Å². The highest BCUT2D eigenvalue weighted by atomic mass is 14.9. The normalized spacial score (nSPS) is 12.3. The van der Waals surface area contributed by atoms with Crippen LogP contribution in [0.1, 0.15) is 84.5 Å². The van der Waals surface area contributed by atoms with Crippen LogP contribution in [0.5, 0.6) is 0 Å². The van der Waals surface area contributed by atoms with Crippen LogP contribution >= 0.6 is 0 Å². The first-order valence-corrected chi connectivity index (χ1v) is 8.02. The number of terminal acetylenes is 1. The molecule has 106 valence electrons. The molecule has 1 N–H and O–H groups in total. The Morgan fingerprint density at radius 1 is 0.889 bits per heavy atom. The van der Waals surface area contributed by atoms with Gasteiger partial charge in [-0.15, -0.1) is 12.3 Å². The van der Waals surface area contributed by atoms with E-state index in [-0.39, 0.29) is 0 Å². The third kappa shape index (κ3) is 12.0. The summed E-state index contributed by atoms with van der Waals surface area (Å²) < 4.78 is 0. The summed E-state index contributed by atoms with van der Waals surface area (Å²) in [5.74, 6) is 2.76. The van der Waals surface area contributed by atoms with Gasteiger partial charge in [0, 0.05) is 12.5 Å². The zero-order valence-corrected chi connectivity index (χ0v) is 12.6. The number of hydrogen-bond donors (Lipinski definition) is 1. The van der Waals surface area contributed by atoms with Crippen molar-refractivity contribution in [2.45, 2.75) is 90.5 Å². The van der Waals surface area contributed by atoms with Crippen molar-refractivity contribution < 1.29 is 0 Å². The lowest BCUT2D eigenvalue weighted by Gasteiger charge is -2.17. The van der Waals surface area contributed by atoms with E-state index in [1.807, 2.05) is 0 Å². The molecule has 1 heteroatoms. The summed E-state index contributed by atoms with van der Waals surface area (Å²) in [6, 6.07) is 0.650. The maximum Gasteiger partial charge on any atom is 0.0101 e. The van der Waals surface area contributed by atoms with Crippen LogP contribution in [0.15, 0.2) is 0 Å². The monoisotopic (exact) mass is 251 g/mol. The molecule has 0 aliphatic heterocycles. The van der Waals surface area contributed by atoms with Gasteiger partial charge in [-0.25, -0.2) is 0 Å². The summed E-state index contributed by atoms with van der Waals surface area (Å²) in [4.78, 5) is 0. The average Bonchev–Trinajstić information content (AvgIpc) is 2.40.